The minimum atomic E-state index is 0.00409. The summed E-state index contributed by atoms with van der Waals surface area (Å²) in [6.07, 6.45) is 8.01. The van der Waals surface area contributed by atoms with Crippen molar-refractivity contribution in [1.82, 2.24) is 5.32 Å². The number of hydrogen-bond donors (Lipinski definition) is 1. The van der Waals surface area contributed by atoms with Gasteiger partial charge in [0.2, 0.25) is 5.91 Å². The molecule has 0 atom stereocenters. The van der Waals surface area contributed by atoms with Crippen molar-refractivity contribution in [3.05, 3.63) is 65.7 Å². The highest BCUT2D eigenvalue weighted by Gasteiger charge is 2.08. The number of amides is 1. The molecule has 0 bridgehead atoms. The smallest absolute Gasteiger partial charge is 0.220 e. The molecule has 0 radical (unpaired) electrons. The summed E-state index contributed by atoms with van der Waals surface area (Å²) in [5, 5.41) is 2.93. The minimum absolute atomic E-state index is 0.00409. The number of carbonyl (C=O) groups is 1. The number of aryl methyl sites for hydroxylation is 1. The van der Waals surface area contributed by atoms with E-state index < -0.39 is 0 Å². The molecule has 0 spiro atoms. The number of terminal acetylenes is 1. The fraction of sp³-hybridized carbons (Fsp3) is 0.227. The molecular weight excluding hydrogens is 326 g/mol. The van der Waals surface area contributed by atoms with Crippen molar-refractivity contribution >= 4 is 12.0 Å². The predicted octanol–water partition coefficient (Wildman–Crippen LogP) is 3.60. The molecule has 1 amide bonds. The molecule has 134 valence electrons. The van der Waals surface area contributed by atoms with Gasteiger partial charge >= 0.3 is 0 Å². The topological polar surface area (TPSA) is 47.6 Å². The van der Waals surface area contributed by atoms with Crippen molar-refractivity contribution in [2.45, 2.75) is 19.4 Å². The molecule has 0 unspecified atom stereocenters. The lowest BCUT2D eigenvalue weighted by molar-refractivity contribution is -0.121. The Labute approximate surface area is 154 Å². The Morgan fingerprint density at radius 2 is 1.92 bits per heavy atom. The molecule has 0 aliphatic rings. The lowest BCUT2D eigenvalue weighted by Gasteiger charge is -2.11. The highest BCUT2D eigenvalue weighted by molar-refractivity contribution is 5.76. The monoisotopic (exact) mass is 349 g/mol. The maximum Gasteiger partial charge on any atom is 0.220 e. The third-order valence-electron chi connectivity index (χ3n) is 3.88. The van der Waals surface area contributed by atoms with Gasteiger partial charge in [-0.1, -0.05) is 48.9 Å². The van der Waals surface area contributed by atoms with Gasteiger partial charge in [-0.05, 0) is 35.2 Å². The molecule has 0 saturated carbocycles. The zero-order valence-corrected chi connectivity index (χ0v) is 15.0. The quantitative estimate of drug-likeness (QED) is 0.704. The van der Waals surface area contributed by atoms with Crippen LogP contribution in [0.25, 0.3) is 6.08 Å². The highest BCUT2D eigenvalue weighted by Crippen LogP contribution is 2.28. The number of benzene rings is 2. The van der Waals surface area contributed by atoms with Crippen LogP contribution in [0.3, 0.4) is 0 Å². The summed E-state index contributed by atoms with van der Waals surface area (Å²) >= 11 is 0. The number of ether oxygens (including phenoxy) is 2. The van der Waals surface area contributed by atoms with Crippen LogP contribution in [0.1, 0.15) is 23.1 Å². The third-order valence-corrected chi connectivity index (χ3v) is 3.88. The second-order valence-electron chi connectivity index (χ2n) is 5.70. The molecule has 4 nitrogen and oxygen atoms in total. The molecule has 2 aromatic rings. The summed E-state index contributed by atoms with van der Waals surface area (Å²) in [6.45, 7) is 4.42. The van der Waals surface area contributed by atoms with E-state index in [0.717, 1.165) is 16.7 Å². The maximum absolute atomic E-state index is 12.1. The first-order valence-electron chi connectivity index (χ1n) is 8.37. The number of hydrogen-bond acceptors (Lipinski definition) is 3. The summed E-state index contributed by atoms with van der Waals surface area (Å²) in [7, 11) is 1.58. The van der Waals surface area contributed by atoms with E-state index in [1.165, 1.54) is 0 Å². The summed E-state index contributed by atoms with van der Waals surface area (Å²) in [6, 6.07) is 13.5. The average molecular weight is 349 g/mol. The van der Waals surface area contributed by atoms with Crippen molar-refractivity contribution < 1.29 is 14.3 Å². The van der Waals surface area contributed by atoms with Crippen LogP contribution in [-0.2, 0) is 17.8 Å². The van der Waals surface area contributed by atoms with Gasteiger partial charge in [-0.15, -0.1) is 6.42 Å². The van der Waals surface area contributed by atoms with Gasteiger partial charge in [-0.25, -0.2) is 0 Å². The Kier molecular flexibility index (Phi) is 7.32. The molecule has 26 heavy (non-hydrogen) atoms. The lowest BCUT2D eigenvalue weighted by Crippen LogP contribution is -2.22. The Balaban J connectivity index is 1.84. The first-order chi connectivity index (χ1) is 12.7. The van der Waals surface area contributed by atoms with Gasteiger partial charge in [0.25, 0.3) is 0 Å². The molecule has 2 aromatic carbocycles. The highest BCUT2D eigenvalue weighted by atomic mass is 16.5. The third kappa shape index (κ3) is 5.71. The molecule has 0 aliphatic heterocycles. The minimum Gasteiger partial charge on any atom is -0.493 e. The van der Waals surface area contributed by atoms with Crippen molar-refractivity contribution in [3.8, 4) is 23.8 Å². The maximum atomic E-state index is 12.1. The zero-order valence-electron chi connectivity index (χ0n) is 15.0. The molecule has 0 aliphatic carbocycles. The molecule has 2 rings (SSSR count). The second-order valence-corrected chi connectivity index (χ2v) is 5.70. The largest absolute Gasteiger partial charge is 0.493 e. The van der Waals surface area contributed by atoms with Gasteiger partial charge in [0.15, 0.2) is 11.5 Å². The molecule has 4 heteroatoms. The predicted molar refractivity (Wildman–Crippen MR) is 104 cm³/mol. The van der Waals surface area contributed by atoms with Crippen molar-refractivity contribution in [3.63, 3.8) is 0 Å². The standard InChI is InChI=1S/C22H23NO3/c1-4-14-26-20-12-10-18(15-21(20)25-3)11-13-22(24)23-16-19-8-6-17(5-2)7-9-19/h1,5-10,12,15H,2,11,13-14,16H2,3H3,(H,23,24). The molecule has 0 heterocycles. The van der Waals surface area contributed by atoms with Crippen LogP contribution in [0.5, 0.6) is 11.5 Å². The van der Waals surface area contributed by atoms with Crippen LogP contribution in [0.2, 0.25) is 0 Å². The molecular formula is C22H23NO3. The summed E-state index contributed by atoms with van der Waals surface area (Å²) in [5.74, 6) is 3.63. The van der Waals surface area contributed by atoms with E-state index in [1.54, 1.807) is 13.2 Å². The Morgan fingerprint density at radius 1 is 1.19 bits per heavy atom. The Bertz CT molecular complexity index is 788. The second kappa shape index (κ2) is 9.95. The van der Waals surface area contributed by atoms with Gasteiger partial charge in [0.1, 0.15) is 6.61 Å². The molecule has 1 N–H and O–H groups in total. The Morgan fingerprint density at radius 3 is 2.58 bits per heavy atom. The lowest BCUT2D eigenvalue weighted by atomic mass is 10.1. The fourth-order valence-electron chi connectivity index (χ4n) is 2.42. The van der Waals surface area contributed by atoms with Gasteiger partial charge in [0, 0.05) is 13.0 Å². The van der Waals surface area contributed by atoms with Crippen molar-refractivity contribution in [1.29, 1.82) is 0 Å². The molecule has 0 aromatic heterocycles. The van der Waals surface area contributed by atoms with E-state index in [2.05, 4.69) is 17.8 Å². The van der Waals surface area contributed by atoms with Crippen molar-refractivity contribution in [2.24, 2.45) is 0 Å². The van der Waals surface area contributed by atoms with E-state index in [9.17, 15) is 4.79 Å². The van der Waals surface area contributed by atoms with Crippen LogP contribution in [0.15, 0.2) is 49.0 Å². The summed E-state index contributed by atoms with van der Waals surface area (Å²) in [4.78, 5) is 12.1. The SMILES string of the molecule is C#CCOc1ccc(CCC(=O)NCc2ccc(C=C)cc2)cc1OC. The van der Waals surface area contributed by atoms with Gasteiger partial charge in [-0.3, -0.25) is 4.79 Å². The Hall–Kier alpha value is -3.19. The van der Waals surface area contributed by atoms with Crippen LogP contribution < -0.4 is 14.8 Å². The van der Waals surface area contributed by atoms with E-state index in [-0.39, 0.29) is 12.5 Å². The number of rotatable bonds is 9. The van der Waals surface area contributed by atoms with E-state index in [4.69, 9.17) is 15.9 Å². The normalized spacial score (nSPS) is 9.85. The first-order valence-corrected chi connectivity index (χ1v) is 8.37. The number of carbonyl (C=O) groups excluding carboxylic acids is 1. The zero-order chi connectivity index (χ0) is 18.8. The van der Waals surface area contributed by atoms with Crippen LogP contribution in [0.4, 0.5) is 0 Å². The fourth-order valence-corrected chi connectivity index (χ4v) is 2.42. The summed E-state index contributed by atoms with van der Waals surface area (Å²) in [5.41, 5.74) is 3.12. The van der Waals surface area contributed by atoms with Gasteiger partial charge in [-0.2, -0.15) is 0 Å². The number of methoxy groups -OCH3 is 1. The average Bonchev–Trinajstić information content (AvgIpc) is 2.69. The van der Waals surface area contributed by atoms with Crippen molar-refractivity contribution in [2.75, 3.05) is 13.7 Å². The van der Waals surface area contributed by atoms with Crippen LogP contribution >= 0.6 is 0 Å². The first kappa shape index (κ1) is 19.1. The van der Waals surface area contributed by atoms with E-state index in [1.807, 2.05) is 42.5 Å². The number of nitrogens with one attached hydrogen (secondary N) is 1. The van der Waals surface area contributed by atoms with E-state index in [0.29, 0.717) is 30.9 Å². The molecule has 0 saturated heterocycles. The van der Waals surface area contributed by atoms with Gasteiger partial charge in [0.05, 0.1) is 7.11 Å². The molecule has 0 fully saturated rings. The summed E-state index contributed by atoms with van der Waals surface area (Å²) < 4.78 is 10.7. The van der Waals surface area contributed by atoms with Crippen LogP contribution in [0, 0.1) is 12.3 Å². The van der Waals surface area contributed by atoms with E-state index >= 15 is 0 Å². The van der Waals surface area contributed by atoms with Gasteiger partial charge < -0.3 is 14.8 Å². The van der Waals surface area contributed by atoms with Crippen LogP contribution in [-0.4, -0.2) is 19.6 Å².